The van der Waals surface area contributed by atoms with Crippen LogP contribution in [-0.2, 0) is 32.6 Å². The molecule has 8 nitrogen and oxygen atoms in total. The summed E-state index contributed by atoms with van der Waals surface area (Å²) in [5, 5.41) is 2.97. The smallest absolute Gasteiger partial charge is 0.264 e. The first-order valence-corrected chi connectivity index (χ1v) is 16.6. The van der Waals surface area contributed by atoms with Gasteiger partial charge in [-0.15, -0.1) is 0 Å². The third kappa shape index (κ3) is 8.51. The van der Waals surface area contributed by atoms with Gasteiger partial charge >= 0.3 is 0 Å². The second-order valence-corrected chi connectivity index (χ2v) is 13.0. The molecule has 4 aromatic carbocycles. The van der Waals surface area contributed by atoms with Gasteiger partial charge in [0, 0.05) is 24.6 Å². The van der Waals surface area contributed by atoms with E-state index in [1.165, 1.54) is 30.2 Å². The molecule has 0 saturated carbocycles. The van der Waals surface area contributed by atoms with Crippen molar-refractivity contribution in [1.29, 1.82) is 0 Å². The molecule has 0 aliphatic rings. The van der Waals surface area contributed by atoms with Crippen LogP contribution in [0.4, 0.5) is 10.1 Å². The molecule has 0 aromatic heterocycles. The van der Waals surface area contributed by atoms with Crippen LogP contribution in [-0.4, -0.2) is 50.9 Å². The van der Waals surface area contributed by atoms with Crippen LogP contribution in [0.25, 0.3) is 0 Å². The monoisotopic (exact) mass is 645 g/mol. The number of carbonyl (C=O) groups is 2. The van der Waals surface area contributed by atoms with Crippen molar-refractivity contribution in [3.8, 4) is 5.75 Å². The largest absolute Gasteiger partial charge is 0.497 e. The summed E-state index contributed by atoms with van der Waals surface area (Å²) in [6.45, 7) is 4.75. The molecule has 0 fully saturated rings. The molecule has 0 aliphatic heterocycles. The maximum absolute atomic E-state index is 15.1. The summed E-state index contributed by atoms with van der Waals surface area (Å²) in [6.07, 6.45) is 0.793. The maximum Gasteiger partial charge on any atom is 0.264 e. The SMILES string of the molecule is CC[C@@H](C)NC(=O)[C@H](Cc1ccccc1)N(Cc1ccccc1F)C(=O)CN(c1ccc(OC)cc1)S(=O)(=O)c1ccc(C)cc1. The highest BCUT2D eigenvalue weighted by Gasteiger charge is 2.35. The van der Waals surface area contributed by atoms with E-state index in [1.54, 1.807) is 54.6 Å². The molecule has 10 heteroatoms. The summed E-state index contributed by atoms with van der Waals surface area (Å²) in [7, 11) is -2.76. The van der Waals surface area contributed by atoms with E-state index in [0.29, 0.717) is 12.2 Å². The Bertz CT molecular complexity index is 1720. The Hall–Kier alpha value is -4.70. The third-order valence-electron chi connectivity index (χ3n) is 7.82. The zero-order valence-electron chi connectivity index (χ0n) is 26.5. The number of amides is 2. The first-order chi connectivity index (χ1) is 22.0. The summed E-state index contributed by atoms with van der Waals surface area (Å²) in [6, 6.07) is 26.6. The molecule has 0 saturated heterocycles. The number of nitrogens with one attached hydrogen (secondary N) is 1. The van der Waals surface area contributed by atoms with E-state index in [1.807, 2.05) is 51.1 Å². The van der Waals surface area contributed by atoms with Gasteiger partial charge in [0.25, 0.3) is 10.0 Å². The number of anilines is 1. The molecule has 1 N–H and O–H groups in total. The molecule has 46 heavy (non-hydrogen) atoms. The molecule has 0 radical (unpaired) electrons. The summed E-state index contributed by atoms with van der Waals surface area (Å²) < 4.78 is 49.6. The lowest BCUT2D eigenvalue weighted by Gasteiger charge is -2.34. The normalized spacial score (nSPS) is 12.5. The van der Waals surface area contributed by atoms with Crippen LogP contribution in [0.2, 0.25) is 0 Å². The first-order valence-electron chi connectivity index (χ1n) is 15.1. The Morgan fingerprint density at radius 2 is 1.52 bits per heavy atom. The van der Waals surface area contributed by atoms with Crippen LogP contribution in [0.3, 0.4) is 0 Å². The Balaban J connectivity index is 1.82. The Morgan fingerprint density at radius 1 is 0.891 bits per heavy atom. The predicted molar refractivity (Wildman–Crippen MR) is 177 cm³/mol. The molecule has 0 aliphatic carbocycles. The zero-order valence-corrected chi connectivity index (χ0v) is 27.3. The van der Waals surface area contributed by atoms with Crippen molar-refractivity contribution in [1.82, 2.24) is 10.2 Å². The summed E-state index contributed by atoms with van der Waals surface area (Å²) in [5.74, 6) is -1.12. The number of hydrogen-bond donors (Lipinski definition) is 1. The number of methoxy groups -OCH3 is 1. The molecule has 0 heterocycles. The number of sulfonamides is 1. The van der Waals surface area contributed by atoms with Gasteiger partial charge in [0.05, 0.1) is 17.7 Å². The average molecular weight is 646 g/mol. The van der Waals surface area contributed by atoms with Crippen molar-refractivity contribution in [2.24, 2.45) is 0 Å². The van der Waals surface area contributed by atoms with E-state index in [-0.39, 0.29) is 35.2 Å². The van der Waals surface area contributed by atoms with E-state index in [2.05, 4.69) is 5.32 Å². The number of aryl methyl sites for hydroxylation is 1. The minimum absolute atomic E-state index is 0.00211. The van der Waals surface area contributed by atoms with Gasteiger partial charge in [-0.25, -0.2) is 12.8 Å². The fourth-order valence-electron chi connectivity index (χ4n) is 4.92. The number of ether oxygens (including phenoxy) is 1. The molecular weight excluding hydrogens is 605 g/mol. The van der Waals surface area contributed by atoms with Crippen LogP contribution in [0, 0.1) is 12.7 Å². The second kappa shape index (κ2) is 15.5. The Morgan fingerprint density at radius 3 is 2.13 bits per heavy atom. The number of hydrogen-bond acceptors (Lipinski definition) is 5. The molecule has 2 atom stereocenters. The summed E-state index contributed by atoms with van der Waals surface area (Å²) >= 11 is 0. The molecule has 0 spiro atoms. The lowest BCUT2D eigenvalue weighted by atomic mass is 10.0. The number of rotatable bonds is 14. The predicted octanol–water partition coefficient (Wildman–Crippen LogP) is 5.89. The lowest BCUT2D eigenvalue weighted by Crippen LogP contribution is -2.54. The van der Waals surface area contributed by atoms with Gasteiger partial charge in [-0.1, -0.05) is 73.2 Å². The molecule has 0 bridgehead atoms. The van der Waals surface area contributed by atoms with Crippen LogP contribution in [0.1, 0.15) is 37.0 Å². The van der Waals surface area contributed by atoms with Gasteiger partial charge in [-0.3, -0.25) is 13.9 Å². The number of halogens is 1. The lowest BCUT2D eigenvalue weighted by molar-refractivity contribution is -0.140. The van der Waals surface area contributed by atoms with Crippen LogP contribution in [0.5, 0.6) is 5.75 Å². The van der Waals surface area contributed by atoms with Crippen molar-refractivity contribution < 1.29 is 27.1 Å². The van der Waals surface area contributed by atoms with Gasteiger partial charge in [-0.05, 0) is 68.3 Å². The number of benzene rings is 4. The molecular formula is C36H40FN3O5S. The van der Waals surface area contributed by atoms with Crippen molar-refractivity contribution in [2.45, 2.75) is 57.1 Å². The van der Waals surface area contributed by atoms with Crippen molar-refractivity contribution in [2.75, 3.05) is 18.0 Å². The van der Waals surface area contributed by atoms with Crippen LogP contribution in [0.15, 0.2) is 108 Å². The summed E-state index contributed by atoms with van der Waals surface area (Å²) in [4.78, 5) is 29.6. The number of carbonyl (C=O) groups excluding carboxylic acids is 2. The Labute approximate surface area is 270 Å². The molecule has 2 amide bonds. The van der Waals surface area contributed by atoms with E-state index in [0.717, 1.165) is 15.4 Å². The quantitative estimate of drug-likeness (QED) is 0.185. The minimum Gasteiger partial charge on any atom is -0.497 e. The number of nitrogens with zero attached hydrogens (tertiary/aromatic N) is 2. The maximum atomic E-state index is 15.1. The van der Waals surface area contributed by atoms with E-state index < -0.39 is 40.2 Å². The molecule has 4 rings (SSSR count). The van der Waals surface area contributed by atoms with Gasteiger partial charge in [0.1, 0.15) is 24.2 Å². The van der Waals surface area contributed by atoms with Crippen molar-refractivity contribution in [3.05, 3.63) is 126 Å². The first kappa shape index (κ1) is 34.2. The minimum atomic E-state index is -4.26. The highest BCUT2D eigenvalue weighted by atomic mass is 32.2. The fourth-order valence-corrected chi connectivity index (χ4v) is 6.33. The van der Waals surface area contributed by atoms with Gasteiger partial charge in [0.15, 0.2) is 0 Å². The third-order valence-corrected chi connectivity index (χ3v) is 9.61. The van der Waals surface area contributed by atoms with Crippen molar-refractivity contribution in [3.63, 3.8) is 0 Å². The highest BCUT2D eigenvalue weighted by Crippen LogP contribution is 2.27. The van der Waals surface area contributed by atoms with E-state index in [4.69, 9.17) is 4.74 Å². The second-order valence-electron chi connectivity index (χ2n) is 11.2. The molecule has 0 unspecified atom stereocenters. The van der Waals surface area contributed by atoms with Crippen LogP contribution >= 0.6 is 0 Å². The van der Waals surface area contributed by atoms with Gasteiger partial charge in [-0.2, -0.15) is 0 Å². The van der Waals surface area contributed by atoms with Gasteiger partial charge < -0.3 is 15.0 Å². The topological polar surface area (TPSA) is 96.0 Å². The highest BCUT2D eigenvalue weighted by molar-refractivity contribution is 7.92. The van der Waals surface area contributed by atoms with E-state index in [9.17, 15) is 18.0 Å². The molecule has 4 aromatic rings. The fraction of sp³-hybridized carbons (Fsp3) is 0.278. The standard InChI is InChI=1S/C36H40FN3O5S/c1-5-27(3)38-36(42)34(23-28-11-7-6-8-12-28)39(24-29-13-9-10-14-33(29)37)35(41)25-40(30-17-19-31(45-4)20-18-30)46(43,44)32-21-15-26(2)16-22-32/h6-22,27,34H,5,23-25H2,1-4H3,(H,38,42)/t27-,34+/m1/s1. The Kier molecular flexibility index (Phi) is 11.5. The summed E-state index contributed by atoms with van der Waals surface area (Å²) in [5.41, 5.74) is 2.09. The zero-order chi connectivity index (χ0) is 33.3. The van der Waals surface area contributed by atoms with E-state index >= 15 is 4.39 Å². The van der Waals surface area contributed by atoms with Crippen molar-refractivity contribution >= 4 is 27.5 Å². The molecule has 242 valence electrons. The average Bonchev–Trinajstić information content (AvgIpc) is 3.06. The van der Waals surface area contributed by atoms with Gasteiger partial charge in [0.2, 0.25) is 11.8 Å². The van der Waals surface area contributed by atoms with Crippen LogP contribution < -0.4 is 14.4 Å².